The van der Waals surface area contributed by atoms with E-state index >= 15 is 0 Å². The first-order valence-electron chi connectivity index (χ1n) is 6.57. The minimum atomic E-state index is -0.167. The van der Waals surface area contributed by atoms with Gasteiger partial charge >= 0.3 is 0 Å². The molecule has 1 aliphatic carbocycles. The number of hydrogen-bond acceptors (Lipinski definition) is 4. The third kappa shape index (κ3) is 2.18. The van der Waals surface area contributed by atoms with Gasteiger partial charge in [0.2, 0.25) is 0 Å². The number of likely N-dealkylation sites (tertiary alicyclic amines) is 1. The van der Waals surface area contributed by atoms with Crippen LogP contribution in [0.2, 0.25) is 0 Å². The topological polar surface area (TPSA) is 58.4 Å². The van der Waals surface area contributed by atoms with E-state index in [4.69, 9.17) is 5.84 Å². The second-order valence-electron chi connectivity index (χ2n) is 5.39. The van der Waals surface area contributed by atoms with Crippen molar-refractivity contribution in [3.63, 3.8) is 0 Å². The van der Waals surface area contributed by atoms with Crippen LogP contribution < -0.4 is 11.3 Å². The molecule has 1 aromatic rings. The van der Waals surface area contributed by atoms with Crippen LogP contribution in [0.3, 0.4) is 0 Å². The van der Waals surface area contributed by atoms with Gasteiger partial charge in [0.15, 0.2) is 0 Å². The average molecular weight is 265 g/mol. The fourth-order valence-corrected chi connectivity index (χ4v) is 4.25. The molecule has 2 heterocycles. The molecule has 0 aromatic carbocycles. The Balaban J connectivity index is 1.67. The Morgan fingerprint density at radius 2 is 2.17 bits per heavy atom. The number of thiophene rings is 1. The Hall–Kier alpha value is -0.910. The molecule has 1 saturated carbocycles. The summed E-state index contributed by atoms with van der Waals surface area (Å²) in [5.41, 5.74) is 3.34. The molecule has 18 heavy (non-hydrogen) atoms. The van der Waals surface area contributed by atoms with E-state index in [0.29, 0.717) is 0 Å². The van der Waals surface area contributed by atoms with Crippen LogP contribution in [0.4, 0.5) is 0 Å². The number of nitrogens with one attached hydrogen (secondary N) is 1. The van der Waals surface area contributed by atoms with E-state index in [-0.39, 0.29) is 5.91 Å². The highest BCUT2D eigenvalue weighted by Gasteiger charge is 2.36. The highest BCUT2D eigenvalue weighted by atomic mass is 32.1. The SMILES string of the molecule is NNC(=O)c1sccc1CN1CC2CCCC2C1. The summed E-state index contributed by atoms with van der Waals surface area (Å²) in [5.74, 6) is 6.84. The van der Waals surface area contributed by atoms with E-state index in [9.17, 15) is 4.79 Å². The predicted molar refractivity (Wildman–Crippen MR) is 72.1 cm³/mol. The van der Waals surface area contributed by atoms with Gasteiger partial charge in [0.25, 0.3) is 5.91 Å². The number of nitrogen functional groups attached to an aromatic ring is 1. The van der Waals surface area contributed by atoms with Gasteiger partial charge in [-0.3, -0.25) is 15.1 Å². The molecule has 0 radical (unpaired) electrons. The number of amides is 1. The first-order chi connectivity index (χ1) is 8.78. The summed E-state index contributed by atoms with van der Waals surface area (Å²) in [4.78, 5) is 14.9. The van der Waals surface area contributed by atoms with Crippen LogP contribution in [0.25, 0.3) is 0 Å². The Bertz CT molecular complexity index is 433. The third-order valence-corrected chi connectivity index (χ3v) is 5.24. The van der Waals surface area contributed by atoms with Gasteiger partial charge in [-0.1, -0.05) is 6.42 Å². The Morgan fingerprint density at radius 1 is 1.44 bits per heavy atom. The lowest BCUT2D eigenvalue weighted by atomic mass is 10.0. The number of fused-ring (bicyclic) bond motifs is 1. The molecule has 0 spiro atoms. The van der Waals surface area contributed by atoms with Crippen LogP contribution in [-0.4, -0.2) is 23.9 Å². The molecular weight excluding hydrogens is 246 g/mol. The molecule has 4 nitrogen and oxygen atoms in total. The number of carbonyl (C=O) groups excluding carboxylic acids is 1. The molecule has 98 valence electrons. The minimum absolute atomic E-state index is 0.167. The third-order valence-electron chi connectivity index (χ3n) is 4.28. The molecule has 1 aliphatic heterocycles. The first kappa shape index (κ1) is 12.1. The summed E-state index contributed by atoms with van der Waals surface area (Å²) in [6.45, 7) is 3.29. The van der Waals surface area contributed by atoms with Gasteiger partial charge in [-0.25, -0.2) is 5.84 Å². The van der Waals surface area contributed by atoms with Crippen molar-refractivity contribution in [1.82, 2.24) is 10.3 Å². The second kappa shape index (κ2) is 4.99. The smallest absolute Gasteiger partial charge is 0.275 e. The fraction of sp³-hybridized carbons (Fsp3) is 0.615. The zero-order valence-electron chi connectivity index (χ0n) is 10.4. The quantitative estimate of drug-likeness (QED) is 0.495. The molecule has 1 aromatic heterocycles. The number of carbonyl (C=O) groups is 1. The summed E-state index contributed by atoms with van der Waals surface area (Å²) >= 11 is 1.47. The largest absolute Gasteiger partial charge is 0.298 e. The van der Waals surface area contributed by atoms with Crippen molar-refractivity contribution < 1.29 is 4.79 Å². The molecule has 2 atom stereocenters. The van der Waals surface area contributed by atoms with E-state index in [1.807, 2.05) is 11.4 Å². The lowest BCUT2D eigenvalue weighted by molar-refractivity contribution is 0.0956. The molecule has 1 amide bonds. The van der Waals surface area contributed by atoms with Gasteiger partial charge in [0, 0.05) is 19.6 Å². The highest BCUT2D eigenvalue weighted by molar-refractivity contribution is 7.12. The van der Waals surface area contributed by atoms with Crippen molar-refractivity contribution in [3.05, 3.63) is 21.9 Å². The minimum Gasteiger partial charge on any atom is -0.298 e. The highest BCUT2D eigenvalue weighted by Crippen LogP contribution is 2.38. The molecule has 0 bridgehead atoms. The molecule has 2 fully saturated rings. The standard InChI is InChI=1S/C13H19N3OS/c14-15-13(17)12-11(4-5-18-12)8-16-6-9-2-1-3-10(9)7-16/h4-5,9-10H,1-3,6-8,14H2,(H,15,17). The van der Waals surface area contributed by atoms with E-state index in [1.165, 1.54) is 43.7 Å². The van der Waals surface area contributed by atoms with Gasteiger partial charge in [-0.2, -0.15) is 0 Å². The van der Waals surface area contributed by atoms with Crippen LogP contribution >= 0.6 is 11.3 Å². The number of hydrogen-bond donors (Lipinski definition) is 2. The normalized spacial score (nSPS) is 27.4. The van der Waals surface area contributed by atoms with Crippen LogP contribution in [0.15, 0.2) is 11.4 Å². The summed E-state index contributed by atoms with van der Waals surface area (Å²) in [5, 5.41) is 1.97. The molecule has 5 heteroatoms. The van der Waals surface area contributed by atoms with Crippen molar-refractivity contribution in [2.45, 2.75) is 25.8 Å². The van der Waals surface area contributed by atoms with E-state index < -0.39 is 0 Å². The molecule has 2 aliphatic rings. The van der Waals surface area contributed by atoms with E-state index in [0.717, 1.165) is 28.8 Å². The average Bonchev–Trinajstić information content (AvgIpc) is 3.03. The molecule has 3 rings (SSSR count). The van der Waals surface area contributed by atoms with Gasteiger partial charge < -0.3 is 0 Å². The Kier molecular flexibility index (Phi) is 3.37. The van der Waals surface area contributed by atoms with Crippen molar-refractivity contribution >= 4 is 17.2 Å². The van der Waals surface area contributed by atoms with Gasteiger partial charge in [0.1, 0.15) is 0 Å². The van der Waals surface area contributed by atoms with Gasteiger partial charge in [-0.05, 0) is 41.7 Å². The molecular formula is C13H19N3OS. The Morgan fingerprint density at radius 3 is 2.83 bits per heavy atom. The van der Waals surface area contributed by atoms with Crippen molar-refractivity contribution in [1.29, 1.82) is 0 Å². The summed E-state index contributed by atoms with van der Waals surface area (Å²) in [7, 11) is 0. The summed E-state index contributed by atoms with van der Waals surface area (Å²) < 4.78 is 0. The predicted octanol–water partition coefficient (Wildman–Crippen LogP) is 1.58. The number of nitrogens with zero attached hydrogens (tertiary/aromatic N) is 1. The fourth-order valence-electron chi connectivity index (χ4n) is 3.43. The van der Waals surface area contributed by atoms with Crippen LogP contribution in [0.5, 0.6) is 0 Å². The van der Waals surface area contributed by atoms with Crippen molar-refractivity contribution in [3.8, 4) is 0 Å². The second-order valence-corrected chi connectivity index (χ2v) is 6.31. The molecule has 2 unspecified atom stereocenters. The molecule has 3 N–H and O–H groups in total. The summed E-state index contributed by atoms with van der Waals surface area (Å²) in [6.07, 6.45) is 4.18. The van der Waals surface area contributed by atoms with Crippen LogP contribution in [-0.2, 0) is 6.54 Å². The van der Waals surface area contributed by atoms with E-state index in [2.05, 4.69) is 10.3 Å². The Labute approximate surface area is 111 Å². The lowest BCUT2D eigenvalue weighted by Crippen LogP contribution is -2.30. The van der Waals surface area contributed by atoms with Crippen LogP contribution in [0.1, 0.15) is 34.5 Å². The first-order valence-corrected chi connectivity index (χ1v) is 7.45. The lowest BCUT2D eigenvalue weighted by Gasteiger charge is -2.16. The number of rotatable bonds is 3. The monoisotopic (exact) mass is 265 g/mol. The van der Waals surface area contributed by atoms with Gasteiger partial charge in [-0.15, -0.1) is 11.3 Å². The maximum Gasteiger partial charge on any atom is 0.275 e. The number of hydrazine groups is 1. The van der Waals surface area contributed by atoms with E-state index in [1.54, 1.807) is 0 Å². The van der Waals surface area contributed by atoms with Crippen molar-refractivity contribution in [2.75, 3.05) is 13.1 Å². The van der Waals surface area contributed by atoms with Crippen molar-refractivity contribution in [2.24, 2.45) is 17.7 Å². The maximum absolute atomic E-state index is 11.6. The maximum atomic E-state index is 11.6. The zero-order chi connectivity index (χ0) is 12.5. The molecule has 1 saturated heterocycles. The zero-order valence-corrected chi connectivity index (χ0v) is 11.2. The summed E-state index contributed by atoms with van der Waals surface area (Å²) in [6, 6.07) is 2.04. The van der Waals surface area contributed by atoms with Crippen LogP contribution in [0, 0.1) is 11.8 Å². The number of nitrogens with two attached hydrogens (primary N) is 1. The van der Waals surface area contributed by atoms with Gasteiger partial charge in [0.05, 0.1) is 4.88 Å².